The van der Waals surface area contributed by atoms with Crippen molar-refractivity contribution in [3.63, 3.8) is 0 Å². The molecule has 2 fully saturated rings. The summed E-state index contributed by atoms with van der Waals surface area (Å²) >= 11 is 0. The highest BCUT2D eigenvalue weighted by atomic mass is 32.2. The summed E-state index contributed by atoms with van der Waals surface area (Å²) in [6.07, 6.45) is 8.52. The number of hydrogen-bond donors (Lipinski definition) is 1. The fourth-order valence-corrected chi connectivity index (χ4v) is 5.84. The summed E-state index contributed by atoms with van der Waals surface area (Å²) in [4.78, 5) is 15.3. The first-order valence-electron chi connectivity index (χ1n) is 11.6. The molecule has 0 radical (unpaired) electrons. The first kappa shape index (κ1) is 23.2. The molecule has 7 heteroatoms. The first-order valence-corrected chi connectivity index (χ1v) is 13.0. The molecule has 1 aromatic carbocycles. The van der Waals surface area contributed by atoms with Crippen LogP contribution in [0.15, 0.2) is 29.2 Å². The minimum atomic E-state index is -3.54. The summed E-state index contributed by atoms with van der Waals surface area (Å²) < 4.78 is 27.5. The van der Waals surface area contributed by atoms with Gasteiger partial charge in [-0.3, -0.25) is 4.79 Å². The summed E-state index contributed by atoms with van der Waals surface area (Å²) in [5.41, 5.74) is 0.413. The second-order valence-electron chi connectivity index (χ2n) is 8.83. The highest BCUT2D eigenvalue weighted by Crippen LogP contribution is 2.21. The molecule has 0 bridgehead atoms. The van der Waals surface area contributed by atoms with E-state index in [1.165, 1.54) is 32.0 Å². The van der Waals surface area contributed by atoms with Crippen molar-refractivity contribution in [3.8, 4) is 0 Å². The van der Waals surface area contributed by atoms with E-state index >= 15 is 0 Å². The first-order chi connectivity index (χ1) is 14.5. The molecule has 1 aromatic rings. The fraction of sp³-hybridized carbons (Fsp3) is 0.696. The number of piperidine rings is 1. The predicted molar refractivity (Wildman–Crippen MR) is 120 cm³/mol. The number of rotatable bonds is 8. The van der Waals surface area contributed by atoms with Crippen molar-refractivity contribution in [1.29, 1.82) is 0 Å². The Labute approximate surface area is 182 Å². The molecule has 0 unspecified atom stereocenters. The summed E-state index contributed by atoms with van der Waals surface area (Å²) in [6, 6.07) is 6.46. The predicted octanol–water partition coefficient (Wildman–Crippen LogP) is 3.49. The Morgan fingerprint density at radius 3 is 2.43 bits per heavy atom. The number of likely N-dealkylation sites (tertiary alicyclic amines) is 1. The molecule has 0 saturated carbocycles. The normalized spacial score (nSPS) is 20.0. The maximum absolute atomic E-state index is 13.0. The van der Waals surface area contributed by atoms with Gasteiger partial charge in [-0.1, -0.05) is 25.8 Å². The number of benzene rings is 1. The largest absolute Gasteiger partial charge is 0.352 e. The minimum Gasteiger partial charge on any atom is -0.352 e. The van der Waals surface area contributed by atoms with Crippen molar-refractivity contribution >= 4 is 15.9 Å². The van der Waals surface area contributed by atoms with Crippen LogP contribution in [0.4, 0.5) is 0 Å². The second kappa shape index (κ2) is 11.3. The Morgan fingerprint density at radius 1 is 1.03 bits per heavy atom. The van der Waals surface area contributed by atoms with Crippen LogP contribution in [0, 0.1) is 5.92 Å². The van der Waals surface area contributed by atoms with Crippen LogP contribution in [0.1, 0.15) is 68.6 Å². The van der Waals surface area contributed by atoms with E-state index in [9.17, 15) is 13.2 Å². The number of unbranched alkanes of at least 4 members (excludes halogenated alkanes) is 1. The smallest absolute Gasteiger partial charge is 0.251 e. The van der Waals surface area contributed by atoms with E-state index in [1.54, 1.807) is 22.5 Å². The van der Waals surface area contributed by atoms with Gasteiger partial charge in [0.05, 0.1) is 4.90 Å². The van der Waals surface area contributed by atoms with E-state index in [2.05, 4.69) is 17.1 Å². The fourth-order valence-electron chi connectivity index (χ4n) is 4.28. The van der Waals surface area contributed by atoms with E-state index in [1.807, 2.05) is 0 Å². The zero-order valence-corrected chi connectivity index (χ0v) is 19.1. The molecule has 3 rings (SSSR count). The molecule has 0 aromatic heterocycles. The molecular formula is C23H37N3O3S. The van der Waals surface area contributed by atoms with Crippen LogP contribution in [-0.4, -0.2) is 62.8 Å². The third kappa shape index (κ3) is 6.53. The topological polar surface area (TPSA) is 69.7 Å². The van der Waals surface area contributed by atoms with Gasteiger partial charge in [0.1, 0.15) is 0 Å². The van der Waals surface area contributed by atoms with Crippen LogP contribution in [0.25, 0.3) is 0 Å². The van der Waals surface area contributed by atoms with Crippen molar-refractivity contribution in [3.05, 3.63) is 29.8 Å². The molecule has 2 aliphatic heterocycles. The standard InChI is InChI=1S/C23H37N3O3S/c1-20-11-17-25(18-12-20)14-7-4-13-24-23(27)21-9-8-10-22(19-21)30(28,29)26-15-5-2-3-6-16-26/h8-10,19-20H,2-7,11-18H2,1H3,(H,24,27). The number of sulfonamides is 1. The molecule has 1 N–H and O–H groups in total. The van der Waals surface area contributed by atoms with Crippen molar-refractivity contribution in [2.24, 2.45) is 5.92 Å². The number of nitrogens with one attached hydrogen (secondary N) is 1. The third-order valence-corrected chi connectivity index (χ3v) is 8.26. The van der Waals surface area contributed by atoms with E-state index in [0.29, 0.717) is 25.2 Å². The number of nitrogens with zero attached hydrogens (tertiary/aromatic N) is 2. The molecule has 2 heterocycles. The van der Waals surface area contributed by atoms with Crippen molar-refractivity contribution in [2.45, 2.75) is 63.2 Å². The highest BCUT2D eigenvalue weighted by Gasteiger charge is 2.25. The molecule has 0 spiro atoms. The van der Waals surface area contributed by atoms with E-state index in [4.69, 9.17) is 0 Å². The Kier molecular flexibility index (Phi) is 8.72. The van der Waals surface area contributed by atoms with Gasteiger partial charge >= 0.3 is 0 Å². The van der Waals surface area contributed by atoms with Crippen molar-refractivity contribution < 1.29 is 13.2 Å². The summed E-state index contributed by atoms with van der Waals surface area (Å²) in [5, 5.41) is 2.95. The summed E-state index contributed by atoms with van der Waals surface area (Å²) in [7, 11) is -3.54. The molecule has 2 saturated heterocycles. The summed E-state index contributed by atoms with van der Waals surface area (Å²) in [6.45, 7) is 7.53. The van der Waals surface area contributed by atoms with E-state index in [0.717, 1.165) is 51.0 Å². The molecule has 2 aliphatic rings. The Balaban J connectivity index is 1.47. The third-order valence-electron chi connectivity index (χ3n) is 6.36. The molecule has 30 heavy (non-hydrogen) atoms. The van der Waals surface area contributed by atoms with E-state index in [-0.39, 0.29) is 10.8 Å². The van der Waals surface area contributed by atoms with Crippen LogP contribution in [-0.2, 0) is 10.0 Å². The number of carbonyl (C=O) groups excluding carboxylic acids is 1. The van der Waals surface area contributed by atoms with Gasteiger partial charge in [0, 0.05) is 25.2 Å². The lowest BCUT2D eigenvalue weighted by Gasteiger charge is -2.30. The minimum absolute atomic E-state index is 0.199. The van der Waals surface area contributed by atoms with Gasteiger partial charge in [-0.25, -0.2) is 8.42 Å². The average molecular weight is 436 g/mol. The SMILES string of the molecule is CC1CCN(CCCCNC(=O)c2cccc(S(=O)(=O)N3CCCCCC3)c2)CC1. The van der Waals surface area contributed by atoms with Gasteiger partial charge in [0.15, 0.2) is 0 Å². The van der Waals surface area contributed by atoms with Crippen LogP contribution >= 0.6 is 0 Å². The van der Waals surface area contributed by atoms with Gasteiger partial charge in [-0.15, -0.1) is 0 Å². The molecule has 1 amide bonds. The Hall–Kier alpha value is -1.44. The lowest BCUT2D eigenvalue weighted by atomic mass is 9.99. The van der Waals surface area contributed by atoms with Gasteiger partial charge in [-0.05, 0) is 82.3 Å². The molecule has 168 valence electrons. The number of hydrogen-bond acceptors (Lipinski definition) is 4. The summed E-state index contributed by atoms with van der Waals surface area (Å²) in [5.74, 6) is 0.647. The van der Waals surface area contributed by atoms with Gasteiger partial charge in [-0.2, -0.15) is 4.31 Å². The average Bonchev–Trinajstić information content (AvgIpc) is 3.05. The number of amides is 1. The van der Waals surface area contributed by atoms with Crippen LogP contribution in [0.2, 0.25) is 0 Å². The second-order valence-corrected chi connectivity index (χ2v) is 10.8. The zero-order chi connectivity index (χ0) is 21.4. The highest BCUT2D eigenvalue weighted by molar-refractivity contribution is 7.89. The molecule has 0 atom stereocenters. The van der Waals surface area contributed by atoms with Gasteiger partial charge < -0.3 is 10.2 Å². The van der Waals surface area contributed by atoms with Crippen molar-refractivity contribution in [2.75, 3.05) is 39.3 Å². The maximum atomic E-state index is 13.0. The molecule has 0 aliphatic carbocycles. The quantitative estimate of drug-likeness (QED) is 0.635. The number of carbonyl (C=O) groups is 1. The maximum Gasteiger partial charge on any atom is 0.251 e. The van der Waals surface area contributed by atoms with Gasteiger partial charge in [0.2, 0.25) is 10.0 Å². The van der Waals surface area contributed by atoms with E-state index < -0.39 is 10.0 Å². The van der Waals surface area contributed by atoms with Crippen molar-refractivity contribution in [1.82, 2.24) is 14.5 Å². The Bertz CT molecular complexity index is 781. The van der Waals surface area contributed by atoms with Crippen LogP contribution in [0.3, 0.4) is 0 Å². The zero-order valence-electron chi connectivity index (χ0n) is 18.3. The lowest BCUT2D eigenvalue weighted by molar-refractivity contribution is 0.0952. The monoisotopic (exact) mass is 435 g/mol. The van der Waals surface area contributed by atoms with Crippen LogP contribution in [0.5, 0.6) is 0 Å². The molecule has 6 nitrogen and oxygen atoms in total. The Morgan fingerprint density at radius 2 is 1.73 bits per heavy atom. The van der Waals surface area contributed by atoms with Crippen LogP contribution < -0.4 is 5.32 Å². The lowest BCUT2D eigenvalue weighted by Crippen LogP contribution is -2.34. The van der Waals surface area contributed by atoms with Gasteiger partial charge in [0.25, 0.3) is 5.91 Å². The molecular weight excluding hydrogens is 398 g/mol.